The van der Waals surface area contributed by atoms with Gasteiger partial charge in [-0.05, 0) is 60.4 Å². The molecule has 0 heterocycles. The highest BCUT2D eigenvalue weighted by atomic mass is 28.4. The molecule has 0 fully saturated rings. The number of ether oxygens (including phenoxy) is 1. The van der Waals surface area contributed by atoms with Gasteiger partial charge in [-0.25, -0.2) is 0 Å². The van der Waals surface area contributed by atoms with Crippen LogP contribution in [0.25, 0.3) is 0 Å². The van der Waals surface area contributed by atoms with Crippen LogP contribution in [0.15, 0.2) is 115 Å². The fourth-order valence-electron chi connectivity index (χ4n) is 4.63. The molecule has 4 aromatic rings. The summed E-state index contributed by atoms with van der Waals surface area (Å²) in [4.78, 5) is 2.40. The van der Waals surface area contributed by atoms with E-state index in [4.69, 9.17) is 9.16 Å². The Balaban J connectivity index is 1.59. The highest BCUT2D eigenvalue weighted by Crippen LogP contribution is 2.24. The second-order valence-corrected chi connectivity index (χ2v) is 15.3. The molecule has 4 aromatic carbocycles. The fraction of sp³-hybridized carbons (Fsp3) is 0.265. The van der Waals surface area contributed by atoms with Crippen molar-refractivity contribution < 1.29 is 9.16 Å². The van der Waals surface area contributed by atoms with Gasteiger partial charge in [-0.2, -0.15) is 5.26 Å². The van der Waals surface area contributed by atoms with Gasteiger partial charge in [0.15, 0.2) is 8.32 Å². The van der Waals surface area contributed by atoms with Crippen LogP contribution in [-0.2, 0) is 30.5 Å². The van der Waals surface area contributed by atoms with Gasteiger partial charge in [0.25, 0.3) is 0 Å². The van der Waals surface area contributed by atoms with Crippen LogP contribution in [-0.4, -0.2) is 25.4 Å². The molecule has 0 saturated carbocycles. The Labute approximate surface area is 234 Å². The summed E-state index contributed by atoms with van der Waals surface area (Å²) in [5.74, 6) is 0.833. The summed E-state index contributed by atoms with van der Waals surface area (Å²) in [6, 6.07) is 41.8. The van der Waals surface area contributed by atoms with Crippen molar-refractivity contribution in [3.63, 3.8) is 0 Å². The number of nitriles is 1. The first-order chi connectivity index (χ1) is 18.9. The van der Waals surface area contributed by atoms with Gasteiger partial charge in [0.2, 0.25) is 0 Å². The highest BCUT2D eigenvalue weighted by molar-refractivity contribution is 6.69. The van der Waals surface area contributed by atoms with E-state index in [2.05, 4.69) is 103 Å². The van der Waals surface area contributed by atoms with E-state index in [0.29, 0.717) is 13.0 Å². The largest absolute Gasteiger partial charge is 0.489 e. The minimum Gasteiger partial charge on any atom is -0.489 e. The maximum atomic E-state index is 10.3. The van der Waals surface area contributed by atoms with Crippen molar-refractivity contribution in [2.75, 3.05) is 0 Å². The molecule has 200 valence electrons. The zero-order valence-corrected chi connectivity index (χ0v) is 24.2. The Kier molecular flexibility index (Phi) is 10.1. The fourth-order valence-corrected chi connectivity index (χ4v) is 5.60. The SMILES string of the molecule is C[Si](C)(C)OC(C#N)C(Cc1ccc(OCc2ccccc2)cc1)N(Cc1ccccc1)Cc1ccccc1. The molecule has 0 amide bonds. The van der Waals surface area contributed by atoms with E-state index in [-0.39, 0.29) is 6.04 Å². The Morgan fingerprint density at radius 3 is 1.62 bits per heavy atom. The van der Waals surface area contributed by atoms with Crippen molar-refractivity contribution in [2.24, 2.45) is 0 Å². The van der Waals surface area contributed by atoms with Gasteiger partial charge in [0.1, 0.15) is 18.5 Å². The van der Waals surface area contributed by atoms with Gasteiger partial charge in [-0.15, -0.1) is 0 Å². The normalized spacial score (nSPS) is 13.0. The van der Waals surface area contributed by atoms with Gasteiger partial charge in [0.05, 0.1) is 12.1 Å². The molecule has 2 unspecified atom stereocenters. The van der Waals surface area contributed by atoms with E-state index >= 15 is 0 Å². The van der Waals surface area contributed by atoms with E-state index in [1.807, 2.05) is 42.5 Å². The third kappa shape index (κ3) is 9.22. The first-order valence-corrected chi connectivity index (χ1v) is 17.0. The van der Waals surface area contributed by atoms with E-state index in [1.54, 1.807) is 0 Å². The summed E-state index contributed by atoms with van der Waals surface area (Å²) >= 11 is 0. The summed E-state index contributed by atoms with van der Waals surface area (Å²) in [5, 5.41) is 10.3. The molecule has 0 N–H and O–H groups in total. The number of nitrogens with zero attached hydrogens (tertiary/aromatic N) is 2. The topological polar surface area (TPSA) is 45.5 Å². The summed E-state index contributed by atoms with van der Waals surface area (Å²) in [6.45, 7) is 8.42. The number of hydrogen-bond acceptors (Lipinski definition) is 4. The van der Waals surface area contributed by atoms with Crippen LogP contribution in [0, 0.1) is 11.3 Å². The standard InChI is InChI=1S/C34H38N2O2Si/c1-39(2,3)38-34(24-35)33(23-28-19-21-32(22-20-28)37-27-31-17-11-6-12-18-31)36(25-29-13-7-4-8-14-29)26-30-15-9-5-10-16-30/h4-22,33-34H,23,25-27H2,1-3H3. The van der Waals surface area contributed by atoms with Crippen LogP contribution < -0.4 is 4.74 Å². The van der Waals surface area contributed by atoms with Crippen molar-refractivity contribution in [3.05, 3.63) is 138 Å². The number of hydrogen-bond donors (Lipinski definition) is 0. The lowest BCUT2D eigenvalue weighted by Gasteiger charge is -2.37. The van der Waals surface area contributed by atoms with Crippen molar-refractivity contribution in [1.29, 1.82) is 5.26 Å². The van der Waals surface area contributed by atoms with Crippen LogP contribution in [0.2, 0.25) is 19.6 Å². The Morgan fingerprint density at radius 1 is 0.667 bits per heavy atom. The lowest BCUT2D eigenvalue weighted by atomic mass is 9.98. The lowest BCUT2D eigenvalue weighted by Crippen LogP contribution is -2.48. The average Bonchev–Trinajstić information content (AvgIpc) is 2.95. The molecule has 5 heteroatoms. The molecule has 4 nitrogen and oxygen atoms in total. The monoisotopic (exact) mass is 534 g/mol. The molecular weight excluding hydrogens is 496 g/mol. The molecule has 0 aliphatic carbocycles. The minimum absolute atomic E-state index is 0.127. The minimum atomic E-state index is -1.97. The van der Waals surface area contributed by atoms with Crippen molar-refractivity contribution in [1.82, 2.24) is 4.90 Å². The van der Waals surface area contributed by atoms with E-state index in [0.717, 1.165) is 30.0 Å². The molecule has 2 atom stereocenters. The van der Waals surface area contributed by atoms with Gasteiger partial charge in [-0.1, -0.05) is 103 Å². The van der Waals surface area contributed by atoms with Gasteiger partial charge in [-0.3, -0.25) is 4.90 Å². The maximum absolute atomic E-state index is 10.3. The van der Waals surface area contributed by atoms with Crippen molar-refractivity contribution in [3.8, 4) is 11.8 Å². The molecule has 0 bridgehead atoms. The predicted octanol–water partition coefficient (Wildman–Crippen LogP) is 7.62. The second kappa shape index (κ2) is 13.9. The van der Waals surface area contributed by atoms with Gasteiger partial charge < -0.3 is 9.16 Å². The van der Waals surface area contributed by atoms with Gasteiger partial charge in [0, 0.05) is 13.1 Å². The smallest absolute Gasteiger partial charge is 0.185 e. The molecule has 0 aliphatic rings. The molecule has 0 aliphatic heterocycles. The Hall–Kier alpha value is -3.69. The zero-order valence-electron chi connectivity index (χ0n) is 23.2. The molecule has 0 saturated heterocycles. The van der Waals surface area contributed by atoms with E-state index < -0.39 is 14.4 Å². The average molecular weight is 535 g/mol. The van der Waals surface area contributed by atoms with Crippen LogP contribution in [0.5, 0.6) is 5.75 Å². The molecule has 0 spiro atoms. The first-order valence-electron chi connectivity index (χ1n) is 13.5. The highest BCUT2D eigenvalue weighted by Gasteiger charge is 2.32. The quantitative estimate of drug-likeness (QED) is 0.166. The summed E-state index contributed by atoms with van der Waals surface area (Å²) in [6.07, 6.45) is 0.152. The number of benzene rings is 4. The second-order valence-electron chi connectivity index (χ2n) is 10.8. The summed E-state index contributed by atoms with van der Waals surface area (Å²) < 4.78 is 12.5. The molecule has 39 heavy (non-hydrogen) atoms. The third-order valence-corrected chi connectivity index (χ3v) is 7.46. The van der Waals surface area contributed by atoms with Crippen LogP contribution in [0.3, 0.4) is 0 Å². The molecule has 0 aromatic heterocycles. The van der Waals surface area contributed by atoms with Crippen LogP contribution in [0.1, 0.15) is 22.3 Å². The van der Waals surface area contributed by atoms with Crippen molar-refractivity contribution >= 4 is 8.32 Å². The third-order valence-electron chi connectivity index (χ3n) is 6.50. The molecular formula is C34H38N2O2Si. The van der Waals surface area contributed by atoms with Gasteiger partial charge >= 0.3 is 0 Å². The predicted molar refractivity (Wildman–Crippen MR) is 161 cm³/mol. The van der Waals surface area contributed by atoms with E-state index in [9.17, 15) is 5.26 Å². The summed E-state index contributed by atoms with van der Waals surface area (Å²) in [7, 11) is -1.97. The Bertz CT molecular complexity index is 1260. The van der Waals surface area contributed by atoms with Crippen LogP contribution in [0.4, 0.5) is 0 Å². The van der Waals surface area contributed by atoms with Crippen molar-refractivity contribution in [2.45, 2.75) is 57.9 Å². The zero-order chi connectivity index (χ0) is 27.5. The maximum Gasteiger partial charge on any atom is 0.185 e. The van der Waals surface area contributed by atoms with E-state index in [1.165, 1.54) is 11.1 Å². The first kappa shape index (κ1) is 28.3. The van der Waals surface area contributed by atoms with Crippen LogP contribution >= 0.6 is 0 Å². The lowest BCUT2D eigenvalue weighted by molar-refractivity contribution is 0.0811. The Morgan fingerprint density at radius 2 is 1.15 bits per heavy atom. The molecule has 4 rings (SSSR count). The summed E-state index contributed by atoms with van der Waals surface area (Å²) in [5.41, 5.74) is 4.72. The number of rotatable bonds is 13. The molecule has 0 radical (unpaired) electrons.